The summed E-state index contributed by atoms with van der Waals surface area (Å²) in [5, 5.41) is 10.5. The number of piperidine rings is 1. The van der Waals surface area contributed by atoms with Crippen LogP contribution in [0.5, 0.6) is 0 Å². The molecule has 0 aliphatic carbocycles. The molecule has 2 unspecified atom stereocenters. The van der Waals surface area contributed by atoms with Crippen LogP contribution >= 0.6 is 0 Å². The van der Waals surface area contributed by atoms with Gasteiger partial charge in [-0.05, 0) is 23.3 Å². The lowest BCUT2D eigenvalue weighted by Crippen LogP contribution is -2.48. The van der Waals surface area contributed by atoms with E-state index in [1.54, 1.807) is 4.90 Å². The molecule has 0 bridgehead atoms. The van der Waals surface area contributed by atoms with Gasteiger partial charge in [-0.25, -0.2) is 4.98 Å². The minimum Gasteiger partial charge on any atom is -0.358 e. The Morgan fingerprint density at radius 1 is 1.61 bits per heavy atom. The highest BCUT2D eigenvalue weighted by atomic mass is 16.6. The third-order valence-electron chi connectivity index (χ3n) is 3.36. The predicted octanol–water partition coefficient (Wildman–Crippen LogP) is 0.732. The van der Waals surface area contributed by atoms with Crippen molar-refractivity contribution < 1.29 is 9.72 Å². The largest absolute Gasteiger partial charge is 0.358 e. The van der Waals surface area contributed by atoms with Gasteiger partial charge in [0.05, 0.1) is 0 Å². The van der Waals surface area contributed by atoms with Crippen LogP contribution in [0.25, 0.3) is 0 Å². The molecule has 1 fully saturated rings. The average Bonchev–Trinajstić information content (AvgIpc) is 2.81. The van der Waals surface area contributed by atoms with Gasteiger partial charge >= 0.3 is 5.82 Å². The SMILES string of the molecule is CC1CN(C(=O)c2ccc([N+](=O)[O-])[nH]2)CCC1N. The first-order valence-corrected chi connectivity index (χ1v) is 5.87. The second-order valence-corrected chi connectivity index (χ2v) is 4.70. The van der Waals surface area contributed by atoms with E-state index in [1.807, 2.05) is 6.92 Å². The highest BCUT2D eigenvalue weighted by Gasteiger charge is 2.29. The van der Waals surface area contributed by atoms with Crippen LogP contribution in [0.1, 0.15) is 23.8 Å². The van der Waals surface area contributed by atoms with E-state index >= 15 is 0 Å². The second-order valence-electron chi connectivity index (χ2n) is 4.70. The van der Waals surface area contributed by atoms with Crippen LogP contribution in [0.15, 0.2) is 12.1 Å². The maximum Gasteiger partial charge on any atom is 0.321 e. The lowest BCUT2D eigenvalue weighted by atomic mass is 9.94. The zero-order valence-electron chi connectivity index (χ0n) is 10.1. The molecule has 7 heteroatoms. The van der Waals surface area contributed by atoms with Gasteiger partial charge in [-0.3, -0.25) is 4.79 Å². The van der Waals surface area contributed by atoms with Crippen LogP contribution < -0.4 is 5.73 Å². The molecule has 0 aromatic carbocycles. The van der Waals surface area contributed by atoms with Crippen molar-refractivity contribution in [3.05, 3.63) is 27.9 Å². The van der Waals surface area contributed by atoms with Crippen LogP contribution in [0.4, 0.5) is 5.82 Å². The van der Waals surface area contributed by atoms with Crippen molar-refractivity contribution >= 4 is 11.7 Å². The number of nitro groups is 1. The highest BCUT2D eigenvalue weighted by molar-refractivity contribution is 5.93. The van der Waals surface area contributed by atoms with E-state index in [0.717, 1.165) is 6.42 Å². The number of hydrogen-bond donors (Lipinski definition) is 2. The molecule has 2 heterocycles. The van der Waals surface area contributed by atoms with Crippen LogP contribution in [0.3, 0.4) is 0 Å². The summed E-state index contributed by atoms with van der Waals surface area (Å²) < 4.78 is 0. The predicted molar refractivity (Wildman–Crippen MR) is 65.1 cm³/mol. The number of carbonyl (C=O) groups excluding carboxylic acids is 1. The van der Waals surface area contributed by atoms with E-state index in [1.165, 1.54) is 12.1 Å². The Hall–Kier alpha value is -1.89. The topological polar surface area (TPSA) is 105 Å². The smallest absolute Gasteiger partial charge is 0.321 e. The minimum atomic E-state index is -0.550. The Morgan fingerprint density at radius 2 is 2.33 bits per heavy atom. The van der Waals surface area contributed by atoms with Gasteiger partial charge in [0.25, 0.3) is 5.91 Å². The van der Waals surface area contributed by atoms with Crippen molar-refractivity contribution in [1.29, 1.82) is 0 Å². The zero-order valence-corrected chi connectivity index (χ0v) is 10.1. The van der Waals surface area contributed by atoms with Crippen LogP contribution in [0.2, 0.25) is 0 Å². The third kappa shape index (κ3) is 2.35. The number of hydrogen-bond acceptors (Lipinski definition) is 4. The fourth-order valence-corrected chi connectivity index (χ4v) is 2.13. The van der Waals surface area contributed by atoms with Gasteiger partial charge in [-0.15, -0.1) is 0 Å². The Balaban J connectivity index is 2.09. The van der Waals surface area contributed by atoms with Gasteiger partial charge in [0.15, 0.2) is 5.69 Å². The molecule has 2 atom stereocenters. The fourth-order valence-electron chi connectivity index (χ4n) is 2.13. The molecule has 2 rings (SSSR count). The molecule has 1 aliphatic rings. The van der Waals surface area contributed by atoms with Crippen molar-refractivity contribution in [2.75, 3.05) is 13.1 Å². The number of nitrogens with zero attached hydrogens (tertiary/aromatic N) is 2. The minimum absolute atomic E-state index is 0.118. The molecule has 1 saturated heterocycles. The Morgan fingerprint density at radius 3 is 2.89 bits per heavy atom. The van der Waals surface area contributed by atoms with Gasteiger partial charge in [0.2, 0.25) is 0 Å². The lowest BCUT2D eigenvalue weighted by molar-refractivity contribution is -0.389. The molecule has 7 nitrogen and oxygen atoms in total. The van der Waals surface area contributed by atoms with Crippen molar-refractivity contribution in [1.82, 2.24) is 9.88 Å². The van der Waals surface area contributed by atoms with Crippen LogP contribution in [-0.2, 0) is 0 Å². The number of aromatic nitrogens is 1. The molecule has 1 aliphatic heterocycles. The number of nitrogens with two attached hydrogens (primary N) is 1. The summed E-state index contributed by atoms with van der Waals surface area (Å²) in [6.45, 7) is 3.19. The average molecular weight is 252 g/mol. The van der Waals surface area contributed by atoms with E-state index < -0.39 is 4.92 Å². The third-order valence-corrected chi connectivity index (χ3v) is 3.36. The summed E-state index contributed by atoms with van der Waals surface area (Å²) in [6.07, 6.45) is 0.760. The lowest BCUT2D eigenvalue weighted by Gasteiger charge is -2.34. The van der Waals surface area contributed by atoms with Gasteiger partial charge in [-0.1, -0.05) is 6.92 Å². The van der Waals surface area contributed by atoms with Crippen LogP contribution in [-0.4, -0.2) is 39.8 Å². The summed E-state index contributed by atoms with van der Waals surface area (Å²) in [5.74, 6) is -0.130. The van der Waals surface area contributed by atoms with Gasteiger partial charge in [-0.2, -0.15) is 0 Å². The summed E-state index contributed by atoms with van der Waals surface area (Å²) in [5.41, 5.74) is 6.14. The number of carbonyl (C=O) groups is 1. The standard InChI is InChI=1S/C11H16N4O3/c1-7-6-14(5-4-8(7)12)11(16)9-2-3-10(13-9)15(17)18/h2-3,7-8,13H,4-6,12H2,1H3. The zero-order chi connectivity index (χ0) is 13.3. The van der Waals surface area contributed by atoms with Crippen molar-refractivity contribution in [2.24, 2.45) is 11.7 Å². The van der Waals surface area contributed by atoms with Crippen LogP contribution in [0, 0.1) is 16.0 Å². The number of nitrogens with one attached hydrogen (secondary N) is 1. The van der Waals surface area contributed by atoms with Gasteiger partial charge < -0.3 is 20.7 Å². The summed E-state index contributed by atoms with van der Waals surface area (Å²) in [6, 6.07) is 2.86. The maximum atomic E-state index is 12.1. The van der Waals surface area contributed by atoms with E-state index in [2.05, 4.69) is 4.98 Å². The van der Waals surface area contributed by atoms with E-state index in [4.69, 9.17) is 5.73 Å². The normalized spacial score (nSPS) is 24.0. The Bertz CT molecular complexity index is 471. The van der Waals surface area contributed by atoms with Crippen molar-refractivity contribution in [3.63, 3.8) is 0 Å². The molecule has 18 heavy (non-hydrogen) atoms. The summed E-state index contributed by atoms with van der Waals surface area (Å²) >= 11 is 0. The first-order chi connectivity index (χ1) is 8.49. The van der Waals surface area contributed by atoms with Gasteiger partial charge in [0.1, 0.15) is 0 Å². The Labute approximate surface area is 104 Å². The molecule has 0 spiro atoms. The van der Waals surface area contributed by atoms with E-state index in [9.17, 15) is 14.9 Å². The first-order valence-electron chi connectivity index (χ1n) is 5.87. The van der Waals surface area contributed by atoms with Crippen molar-refractivity contribution in [3.8, 4) is 0 Å². The monoisotopic (exact) mass is 252 g/mol. The summed E-state index contributed by atoms with van der Waals surface area (Å²) in [4.78, 5) is 26.3. The number of aromatic amines is 1. The molecular weight excluding hydrogens is 236 g/mol. The van der Waals surface area contributed by atoms with Gasteiger partial charge in [0, 0.05) is 25.2 Å². The first kappa shape index (κ1) is 12.6. The molecule has 1 aromatic rings. The maximum absolute atomic E-state index is 12.1. The number of rotatable bonds is 2. The summed E-state index contributed by atoms with van der Waals surface area (Å²) in [7, 11) is 0. The van der Waals surface area contributed by atoms with E-state index in [0.29, 0.717) is 13.1 Å². The molecular formula is C11H16N4O3. The Kier molecular flexibility index (Phi) is 3.33. The second kappa shape index (κ2) is 4.77. The molecule has 98 valence electrons. The number of H-pyrrole nitrogens is 1. The highest BCUT2D eigenvalue weighted by Crippen LogP contribution is 2.18. The molecule has 1 amide bonds. The quantitative estimate of drug-likeness (QED) is 0.597. The van der Waals surface area contributed by atoms with Crippen molar-refractivity contribution in [2.45, 2.75) is 19.4 Å². The fraction of sp³-hybridized carbons (Fsp3) is 0.545. The van der Waals surface area contributed by atoms with E-state index in [-0.39, 0.29) is 29.4 Å². The number of amides is 1. The molecule has 1 aromatic heterocycles. The molecule has 0 saturated carbocycles. The number of likely N-dealkylation sites (tertiary alicyclic amines) is 1. The molecule has 3 N–H and O–H groups in total. The molecule has 0 radical (unpaired) electrons.